The number of carbonyl (C=O) groups is 2. The van der Waals surface area contributed by atoms with Gasteiger partial charge in [-0.2, -0.15) is 0 Å². The fraction of sp³-hybridized carbons (Fsp3) is 0.440. The van der Waals surface area contributed by atoms with Crippen LogP contribution in [0.5, 0.6) is 0 Å². The molecule has 1 saturated heterocycles. The van der Waals surface area contributed by atoms with Gasteiger partial charge < -0.3 is 9.80 Å². The number of fused-ring (bicyclic) bond motifs is 1. The van der Waals surface area contributed by atoms with Crippen LogP contribution in [-0.4, -0.2) is 72.8 Å². The zero-order chi connectivity index (χ0) is 21.3. The van der Waals surface area contributed by atoms with E-state index in [1.54, 1.807) is 19.0 Å². The first kappa shape index (κ1) is 20.6. The number of likely N-dealkylation sites (tertiary alicyclic amines) is 1. The lowest BCUT2D eigenvalue weighted by atomic mass is 9.93. The molecule has 0 N–H and O–H groups in total. The molecule has 1 atom stereocenters. The van der Waals surface area contributed by atoms with Gasteiger partial charge in [-0.3, -0.25) is 14.5 Å². The molecular weight excluding hydrogens is 374 g/mol. The van der Waals surface area contributed by atoms with Crippen molar-refractivity contribution in [2.45, 2.75) is 32.2 Å². The lowest BCUT2D eigenvalue weighted by Gasteiger charge is -2.31. The average Bonchev–Trinajstić information content (AvgIpc) is 3.17. The van der Waals surface area contributed by atoms with Gasteiger partial charge in [0.1, 0.15) is 0 Å². The van der Waals surface area contributed by atoms with Gasteiger partial charge in [0.25, 0.3) is 11.8 Å². The van der Waals surface area contributed by atoms with Crippen LogP contribution in [0.4, 0.5) is 0 Å². The molecule has 2 aromatic carbocycles. The van der Waals surface area contributed by atoms with Crippen molar-refractivity contribution in [1.29, 1.82) is 0 Å². The summed E-state index contributed by atoms with van der Waals surface area (Å²) in [5.41, 5.74) is 4.78. The first-order valence-electron chi connectivity index (χ1n) is 10.9. The molecule has 0 unspecified atom stereocenters. The molecule has 0 aromatic heterocycles. The molecule has 0 bridgehead atoms. The lowest BCUT2D eigenvalue weighted by molar-refractivity contribution is 0.0716. The molecule has 0 aliphatic carbocycles. The summed E-state index contributed by atoms with van der Waals surface area (Å²) in [5.74, 6) is 0.155. The Labute approximate surface area is 179 Å². The van der Waals surface area contributed by atoms with Crippen molar-refractivity contribution < 1.29 is 9.59 Å². The number of hydrogen-bond donors (Lipinski definition) is 0. The maximum atomic E-state index is 13.0. The summed E-state index contributed by atoms with van der Waals surface area (Å²) in [4.78, 5) is 31.2. The second-order valence-corrected chi connectivity index (χ2v) is 8.72. The molecule has 1 fully saturated rings. The summed E-state index contributed by atoms with van der Waals surface area (Å²) >= 11 is 0. The average molecular weight is 406 g/mol. The van der Waals surface area contributed by atoms with Gasteiger partial charge in [-0.1, -0.05) is 24.3 Å². The van der Waals surface area contributed by atoms with E-state index in [-0.39, 0.29) is 11.8 Å². The predicted molar refractivity (Wildman–Crippen MR) is 120 cm³/mol. The molecule has 5 nitrogen and oxygen atoms in total. The highest BCUT2D eigenvalue weighted by molar-refractivity contribution is 5.97. The van der Waals surface area contributed by atoms with Gasteiger partial charge in [0.15, 0.2) is 0 Å². The van der Waals surface area contributed by atoms with Crippen LogP contribution in [0.25, 0.3) is 11.1 Å². The number of carbonyl (C=O) groups excluding carboxylic acids is 2. The Bertz CT molecular complexity index is 936. The SMILES string of the molecule is C[C@@H]1CCCN1CCN1CCc2cc(-c3ccc(C(=O)N(C)C)cc3)ccc2C1=O. The summed E-state index contributed by atoms with van der Waals surface area (Å²) in [6.07, 6.45) is 3.43. The topological polar surface area (TPSA) is 43.9 Å². The Balaban J connectivity index is 1.46. The van der Waals surface area contributed by atoms with E-state index in [9.17, 15) is 9.59 Å². The van der Waals surface area contributed by atoms with Gasteiger partial charge in [-0.15, -0.1) is 0 Å². The standard InChI is InChI=1S/C25H31N3O2/c1-18-5-4-13-27(18)15-16-28-14-12-22-17-21(10-11-23(22)25(28)30)19-6-8-20(9-7-19)24(29)26(2)3/h6-11,17-18H,4-5,12-16H2,1-3H3/t18-/m1/s1. The van der Waals surface area contributed by atoms with Crippen LogP contribution in [-0.2, 0) is 6.42 Å². The highest BCUT2D eigenvalue weighted by Gasteiger charge is 2.26. The van der Waals surface area contributed by atoms with Crippen LogP contribution in [0, 0.1) is 0 Å². The van der Waals surface area contributed by atoms with Crippen LogP contribution in [0.3, 0.4) is 0 Å². The van der Waals surface area contributed by atoms with Crippen LogP contribution in [0.1, 0.15) is 46.0 Å². The maximum Gasteiger partial charge on any atom is 0.254 e. The second kappa shape index (κ2) is 8.60. The molecule has 2 aliphatic heterocycles. The van der Waals surface area contributed by atoms with E-state index in [1.807, 2.05) is 41.3 Å². The number of benzene rings is 2. The zero-order valence-corrected chi connectivity index (χ0v) is 18.2. The summed E-state index contributed by atoms with van der Waals surface area (Å²) in [7, 11) is 3.51. The Hall–Kier alpha value is -2.66. The Morgan fingerprint density at radius 1 is 1.03 bits per heavy atom. The molecule has 5 heteroatoms. The first-order valence-corrected chi connectivity index (χ1v) is 10.9. The molecule has 2 heterocycles. The van der Waals surface area contributed by atoms with E-state index < -0.39 is 0 Å². The first-order chi connectivity index (χ1) is 14.4. The molecule has 158 valence electrons. The molecule has 0 saturated carbocycles. The third-order valence-corrected chi connectivity index (χ3v) is 6.49. The van der Waals surface area contributed by atoms with Gasteiger partial charge >= 0.3 is 0 Å². The van der Waals surface area contributed by atoms with Crippen LogP contribution >= 0.6 is 0 Å². The number of hydrogen-bond acceptors (Lipinski definition) is 3. The number of rotatable bonds is 5. The summed E-state index contributed by atoms with van der Waals surface area (Å²) < 4.78 is 0. The van der Waals surface area contributed by atoms with Gasteiger partial charge in [0, 0.05) is 50.9 Å². The monoisotopic (exact) mass is 405 g/mol. The van der Waals surface area contributed by atoms with E-state index in [1.165, 1.54) is 12.8 Å². The van der Waals surface area contributed by atoms with Gasteiger partial charge in [-0.25, -0.2) is 0 Å². The third kappa shape index (κ3) is 4.12. The Kier molecular flexibility index (Phi) is 5.91. The summed E-state index contributed by atoms with van der Waals surface area (Å²) in [6.45, 7) is 6.00. The fourth-order valence-corrected chi connectivity index (χ4v) is 4.57. The van der Waals surface area contributed by atoms with Crippen molar-refractivity contribution in [3.63, 3.8) is 0 Å². The Morgan fingerprint density at radius 2 is 1.77 bits per heavy atom. The van der Waals surface area contributed by atoms with Gasteiger partial charge in [0.05, 0.1) is 0 Å². The van der Waals surface area contributed by atoms with E-state index in [0.29, 0.717) is 11.6 Å². The minimum Gasteiger partial charge on any atom is -0.345 e. The molecular formula is C25H31N3O2. The highest BCUT2D eigenvalue weighted by atomic mass is 16.2. The van der Waals surface area contributed by atoms with Crippen molar-refractivity contribution >= 4 is 11.8 Å². The Morgan fingerprint density at radius 3 is 2.43 bits per heavy atom. The van der Waals surface area contributed by atoms with Crippen LogP contribution in [0.2, 0.25) is 0 Å². The van der Waals surface area contributed by atoms with Crippen molar-refractivity contribution in [1.82, 2.24) is 14.7 Å². The highest BCUT2D eigenvalue weighted by Crippen LogP contribution is 2.27. The summed E-state index contributed by atoms with van der Waals surface area (Å²) in [6, 6.07) is 14.4. The maximum absolute atomic E-state index is 13.0. The fourth-order valence-electron chi connectivity index (χ4n) is 4.57. The van der Waals surface area contributed by atoms with Crippen molar-refractivity contribution in [3.05, 3.63) is 59.2 Å². The van der Waals surface area contributed by atoms with Crippen LogP contribution < -0.4 is 0 Å². The molecule has 2 aromatic rings. The van der Waals surface area contributed by atoms with Crippen molar-refractivity contribution in [2.75, 3.05) is 40.3 Å². The minimum atomic E-state index is 0.000929. The summed E-state index contributed by atoms with van der Waals surface area (Å²) in [5, 5.41) is 0. The smallest absolute Gasteiger partial charge is 0.254 e. The lowest BCUT2D eigenvalue weighted by Crippen LogP contribution is -2.43. The quantitative estimate of drug-likeness (QED) is 0.764. The van der Waals surface area contributed by atoms with E-state index in [0.717, 1.165) is 54.9 Å². The van der Waals surface area contributed by atoms with Crippen molar-refractivity contribution in [2.24, 2.45) is 0 Å². The number of nitrogens with zero attached hydrogens (tertiary/aromatic N) is 3. The normalized spacial score (nSPS) is 19.1. The minimum absolute atomic E-state index is 0.000929. The van der Waals surface area contributed by atoms with E-state index in [2.05, 4.69) is 17.9 Å². The van der Waals surface area contributed by atoms with E-state index >= 15 is 0 Å². The van der Waals surface area contributed by atoms with Crippen molar-refractivity contribution in [3.8, 4) is 11.1 Å². The third-order valence-electron chi connectivity index (χ3n) is 6.49. The predicted octanol–water partition coefficient (Wildman–Crippen LogP) is 3.54. The molecule has 2 amide bonds. The van der Waals surface area contributed by atoms with Crippen LogP contribution in [0.15, 0.2) is 42.5 Å². The van der Waals surface area contributed by atoms with Gasteiger partial charge in [0.2, 0.25) is 0 Å². The second-order valence-electron chi connectivity index (χ2n) is 8.72. The molecule has 2 aliphatic rings. The number of amides is 2. The zero-order valence-electron chi connectivity index (χ0n) is 18.2. The molecule has 4 rings (SSSR count). The van der Waals surface area contributed by atoms with E-state index in [4.69, 9.17) is 0 Å². The molecule has 0 radical (unpaired) electrons. The van der Waals surface area contributed by atoms with Gasteiger partial charge in [-0.05, 0) is 67.6 Å². The molecule has 0 spiro atoms. The largest absolute Gasteiger partial charge is 0.345 e. The molecule has 30 heavy (non-hydrogen) atoms.